The van der Waals surface area contributed by atoms with E-state index < -0.39 is 0 Å². The van der Waals surface area contributed by atoms with E-state index >= 15 is 0 Å². The van der Waals surface area contributed by atoms with Crippen LogP contribution in [0.1, 0.15) is 33.1 Å². The molecule has 2 unspecified atom stereocenters. The largest absolute Gasteiger partial charge is 0.365 e. The van der Waals surface area contributed by atoms with Gasteiger partial charge in [-0.3, -0.25) is 4.79 Å². The summed E-state index contributed by atoms with van der Waals surface area (Å²) < 4.78 is 2.12. The summed E-state index contributed by atoms with van der Waals surface area (Å²) in [4.78, 5) is 14.5. The van der Waals surface area contributed by atoms with Gasteiger partial charge in [0.05, 0.1) is 11.9 Å². The van der Waals surface area contributed by atoms with Crippen LogP contribution in [-0.4, -0.2) is 28.9 Å². The minimum atomic E-state index is -0.0571. The molecule has 1 saturated heterocycles. The van der Waals surface area contributed by atoms with Crippen molar-refractivity contribution in [1.29, 1.82) is 0 Å². The molecule has 0 saturated carbocycles. The summed E-state index contributed by atoms with van der Waals surface area (Å²) in [5.74, 6) is 0.540. The molecule has 2 rings (SSSR count). The van der Waals surface area contributed by atoms with Gasteiger partial charge in [0, 0.05) is 25.7 Å². The van der Waals surface area contributed by atoms with Gasteiger partial charge in [-0.15, -0.1) is 0 Å². The lowest BCUT2D eigenvalue weighted by molar-refractivity contribution is 0.348. The first-order valence-corrected chi connectivity index (χ1v) is 8.11. The van der Waals surface area contributed by atoms with Gasteiger partial charge >= 0.3 is 0 Å². The van der Waals surface area contributed by atoms with Gasteiger partial charge in [0.15, 0.2) is 0 Å². The third kappa shape index (κ3) is 2.91. The number of anilines is 1. The summed E-state index contributed by atoms with van der Waals surface area (Å²) in [5.41, 5.74) is 6.75. The highest BCUT2D eigenvalue weighted by Gasteiger charge is 2.29. The zero-order chi connectivity index (χ0) is 14.7. The Morgan fingerprint density at radius 3 is 2.95 bits per heavy atom. The highest BCUT2D eigenvalue weighted by molar-refractivity contribution is 9.10. The van der Waals surface area contributed by atoms with Crippen LogP contribution >= 0.6 is 15.9 Å². The molecule has 0 aliphatic carbocycles. The van der Waals surface area contributed by atoms with Gasteiger partial charge in [-0.1, -0.05) is 13.8 Å². The molecule has 1 aromatic heterocycles. The molecule has 1 fully saturated rings. The number of hydrogen-bond acceptors (Lipinski definition) is 4. The number of halogens is 1. The van der Waals surface area contributed by atoms with Crippen molar-refractivity contribution >= 4 is 21.6 Å². The van der Waals surface area contributed by atoms with E-state index in [9.17, 15) is 4.79 Å². The van der Waals surface area contributed by atoms with E-state index in [1.54, 1.807) is 6.20 Å². The first-order valence-electron chi connectivity index (χ1n) is 7.32. The molecule has 1 aliphatic heterocycles. The Bertz CT molecular complexity index is 516. The Morgan fingerprint density at radius 1 is 1.55 bits per heavy atom. The Kier molecular flexibility index (Phi) is 5.21. The summed E-state index contributed by atoms with van der Waals surface area (Å²) >= 11 is 3.46. The summed E-state index contributed by atoms with van der Waals surface area (Å²) in [6, 6.07) is 0.281. The first-order chi connectivity index (χ1) is 9.60. The number of aromatic nitrogens is 2. The monoisotopic (exact) mass is 342 g/mol. The Morgan fingerprint density at radius 2 is 2.30 bits per heavy atom. The summed E-state index contributed by atoms with van der Waals surface area (Å²) in [6.07, 6.45) is 5.01. The van der Waals surface area contributed by atoms with Crippen LogP contribution in [0.25, 0.3) is 0 Å². The smallest absolute Gasteiger partial charge is 0.283 e. The van der Waals surface area contributed by atoms with Crippen molar-refractivity contribution in [2.45, 2.75) is 45.7 Å². The summed E-state index contributed by atoms with van der Waals surface area (Å²) in [5, 5.41) is 4.29. The van der Waals surface area contributed by atoms with Crippen LogP contribution in [0.2, 0.25) is 0 Å². The molecule has 2 N–H and O–H groups in total. The van der Waals surface area contributed by atoms with E-state index in [2.05, 4.69) is 32.9 Å². The lowest BCUT2D eigenvalue weighted by Crippen LogP contribution is -2.49. The maximum Gasteiger partial charge on any atom is 0.283 e. The van der Waals surface area contributed by atoms with Crippen LogP contribution in [0.5, 0.6) is 0 Å². The van der Waals surface area contributed by atoms with Crippen molar-refractivity contribution in [2.24, 2.45) is 11.7 Å². The standard InChI is InChI=1S/C14H23BrN4O/c1-3-6-19-14(20)13(15)12(9-17-19)18-7-4-5-10(2)11(18)8-16/h9-11H,3-8,16H2,1-2H3. The fourth-order valence-corrected chi connectivity index (χ4v) is 3.47. The normalized spacial score (nSPS) is 23.1. The van der Waals surface area contributed by atoms with Gasteiger partial charge in [-0.2, -0.15) is 5.10 Å². The highest BCUT2D eigenvalue weighted by Crippen LogP contribution is 2.31. The summed E-state index contributed by atoms with van der Waals surface area (Å²) in [6.45, 7) is 6.44. The van der Waals surface area contributed by atoms with E-state index in [0.717, 1.165) is 25.1 Å². The second-order valence-corrected chi connectivity index (χ2v) is 6.28. The molecule has 2 heterocycles. The number of nitrogens with zero attached hydrogens (tertiary/aromatic N) is 3. The number of piperidine rings is 1. The molecule has 1 aromatic rings. The average molecular weight is 343 g/mol. The molecule has 6 heteroatoms. The molecular weight excluding hydrogens is 320 g/mol. The number of aryl methyl sites for hydroxylation is 1. The Balaban J connectivity index is 2.37. The van der Waals surface area contributed by atoms with Crippen LogP contribution < -0.4 is 16.2 Å². The third-order valence-corrected chi connectivity index (χ3v) is 4.81. The number of rotatable bonds is 4. The van der Waals surface area contributed by atoms with Crippen molar-refractivity contribution in [2.75, 3.05) is 18.0 Å². The molecule has 5 nitrogen and oxygen atoms in total. The van der Waals surface area contributed by atoms with Gasteiger partial charge in [-0.05, 0) is 41.1 Å². The predicted molar refractivity (Wildman–Crippen MR) is 85.1 cm³/mol. The van der Waals surface area contributed by atoms with Crippen LogP contribution in [0.4, 0.5) is 5.69 Å². The van der Waals surface area contributed by atoms with Crippen molar-refractivity contribution in [3.8, 4) is 0 Å². The zero-order valence-electron chi connectivity index (χ0n) is 12.2. The van der Waals surface area contributed by atoms with Crippen LogP contribution in [-0.2, 0) is 6.54 Å². The second-order valence-electron chi connectivity index (χ2n) is 5.49. The molecule has 112 valence electrons. The van der Waals surface area contributed by atoms with Crippen LogP contribution in [0.15, 0.2) is 15.5 Å². The van der Waals surface area contributed by atoms with Crippen LogP contribution in [0, 0.1) is 5.92 Å². The maximum absolute atomic E-state index is 12.3. The number of nitrogens with two attached hydrogens (primary N) is 1. The lowest BCUT2D eigenvalue weighted by atomic mass is 9.90. The quantitative estimate of drug-likeness (QED) is 0.908. The van der Waals surface area contributed by atoms with Gasteiger partial charge in [-0.25, -0.2) is 4.68 Å². The van der Waals surface area contributed by atoms with Crippen molar-refractivity contribution in [1.82, 2.24) is 9.78 Å². The van der Waals surface area contributed by atoms with E-state index in [0.29, 0.717) is 23.5 Å². The predicted octanol–water partition coefficient (Wildman–Crippen LogP) is 1.98. The van der Waals surface area contributed by atoms with E-state index in [1.165, 1.54) is 11.1 Å². The van der Waals surface area contributed by atoms with Crippen molar-refractivity contribution < 1.29 is 0 Å². The van der Waals surface area contributed by atoms with Gasteiger partial charge in [0.1, 0.15) is 4.47 Å². The topological polar surface area (TPSA) is 64.2 Å². The molecule has 2 atom stereocenters. The molecule has 0 amide bonds. The molecule has 0 aromatic carbocycles. The van der Waals surface area contributed by atoms with Gasteiger partial charge in [0.25, 0.3) is 5.56 Å². The number of hydrogen-bond donors (Lipinski definition) is 1. The van der Waals surface area contributed by atoms with Crippen molar-refractivity contribution in [3.63, 3.8) is 0 Å². The van der Waals surface area contributed by atoms with Gasteiger partial charge in [0.2, 0.25) is 0 Å². The second kappa shape index (κ2) is 6.72. The minimum absolute atomic E-state index is 0.0571. The fraction of sp³-hybridized carbons (Fsp3) is 0.714. The van der Waals surface area contributed by atoms with E-state index in [-0.39, 0.29) is 11.6 Å². The van der Waals surface area contributed by atoms with Crippen molar-refractivity contribution in [3.05, 3.63) is 21.0 Å². The highest BCUT2D eigenvalue weighted by atomic mass is 79.9. The Labute approximate surface area is 128 Å². The molecular formula is C14H23BrN4O. The third-order valence-electron chi connectivity index (χ3n) is 4.07. The molecule has 0 bridgehead atoms. The first kappa shape index (κ1) is 15.5. The molecule has 0 radical (unpaired) electrons. The lowest BCUT2D eigenvalue weighted by Gasteiger charge is -2.41. The summed E-state index contributed by atoms with van der Waals surface area (Å²) in [7, 11) is 0. The van der Waals surface area contributed by atoms with Crippen LogP contribution in [0.3, 0.4) is 0 Å². The minimum Gasteiger partial charge on any atom is -0.365 e. The maximum atomic E-state index is 12.3. The zero-order valence-corrected chi connectivity index (χ0v) is 13.8. The Hall–Kier alpha value is -0.880. The molecule has 1 aliphatic rings. The molecule has 0 spiro atoms. The van der Waals surface area contributed by atoms with E-state index in [1.807, 2.05) is 6.92 Å². The van der Waals surface area contributed by atoms with Gasteiger partial charge < -0.3 is 10.6 Å². The fourth-order valence-electron chi connectivity index (χ4n) is 2.94. The molecule has 20 heavy (non-hydrogen) atoms. The SMILES string of the molecule is CCCn1ncc(N2CCCC(C)C2CN)c(Br)c1=O. The van der Waals surface area contributed by atoms with E-state index in [4.69, 9.17) is 5.73 Å². The average Bonchev–Trinajstić information content (AvgIpc) is 2.44.